The van der Waals surface area contributed by atoms with Gasteiger partial charge in [0, 0.05) is 20.6 Å². The van der Waals surface area contributed by atoms with Gasteiger partial charge in [-0.05, 0) is 18.9 Å². The predicted octanol–water partition coefficient (Wildman–Crippen LogP) is 2.70. The highest BCUT2D eigenvalue weighted by molar-refractivity contribution is 6.80. The minimum Gasteiger partial charge on any atom is -0.468 e. The monoisotopic (exact) mass is 358 g/mol. The average molecular weight is 359 g/mol. The van der Waals surface area contributed by atoms with E-state index in [1.165, 1.54) is 28.4 Å². The summed E-state index contributed by atoms with van der Waals surface area (Å²) in [5.41, 5.74) is 3.67. The van der Waals surface area contributed by atoms with E-state index in [-0.39, 0.29) is 12.8 Å². The first-order valence-electron chi connectivity index (χ1n) is 7.81. The van der Waals surface area contributed by atoms with Crippen molar-refractivity contribution in [1.82, 2.24) is 0 Å². The maximum atomic E-state index is 12.4. The second-order valence-electron chi connectivity index (χ2n) is 6.59. The highest BCUT2D eigenvalue weighted by atomic mass is 28.3. The van der Waals surface area contributed by atoms with Crippen LogP contribution in [0, 0.1) is 5.41 Å². The summed E-state index contributed by atoms with van der Waals surface area (Å²) in [4.78, 5) is 24.7. The number of ether oxygens (including phenoxy) is 4. The van der Waals surface area contributed by atoms with Crippen molar-refractivity contribution in [2.75, 3.05) is 28.4 Å². The van der Waals surface area contributed by atoms with E-state index in [0.717, 1.165) is 0 Å². The smallest absolute Gasteiger partial charge is 0.323 e. The largest absolute Gasteiger partial charge is 0.468 e. The first-order valence-corrected chi connectivity index (χ1v) is 11.4. The third kappa shape index (κ3) is 7.01. The third-order valence-corrected chi connectivity index (χ3v) is 4.60. The molecule has 0 heterocycles. The molecule has 0 rings (SSSR count). The molecule has 0 fully saturated rings. The second-order valence-corrected chi connectivity index (χ2v) is 11.6. The van der Waals surface area contributed by atoms with E-state index in [4.69, 9.17) is 18.9 Å². The first-order chi connectivity index (χ1) is 11.2. The van der Waals surface area contributed by atoms with E-state index < -0.39 is 31.7 Å². The van der Waals surface area contributed by atoms with E-state index in [1.54, 1.807) is 6.08 Å². The molecular formula is C17H30O6Si. The topological polar surface area (TPSA) is 71.1 Å². The van der Waals surface area contributed by atoms with E-state index in [1.807, 2.05) is 5.70 Å². The number of methoxy groups -OCH3 is 4. The van der Waals surface area contributed by atoms with Crippen LogP contribution in [0.2, 0.25) is 19.6 Å². The Bertz CT molecular complexity index is 454. The molecule has 0 aliphatic carbocycles. The lowest BCUT2D eigenvalue weighted by molar-refractivity contribution is -0.172. The number of hydrogen-bond donors (Lipinski definition) is 0. The van der Waals surface area contributed by atoms with Crippen molar-refractivity contribution in [3.8, 4) is 0 Å². The molecule has 0 radical (unpaired) electrons. The van der Waals surface area contributed by atoms with Gasteiger partial charge in [0.05, 0.1) is 22.3 Å². The van der Waals surface area contributed by atoms with Gasteiger partial charge in [-0.15, -0.1) is 5.73 Å². The molecule has 0 unspecified atom stereocenters. The van der Waals surface area contributed by atoms with Crippen molar-refractivity contribution in [3.63, 3.8) is 0 Å². The molecule has 0 amide bonds. The molecule has 0 aromatic rings. The molecular weight excluding hydrogens is 328 g/mol. The molecule has 0 spiro atoms. The number of allylic oxidation sites excluding steroid dienone is 1. The van der Waals surface area contributed by atoms with Crippen LogP contribution < -0.4 is 0 Å². The number of hydrogen-bond acceptors (Lipinski definition) is 6. The molecule has 138 valence electrons. The van der Waals surface area contributed by atoms with Gasteiger partial charge in [-0.3, -0.25) is 9.59 Å². The minimum atomic E-state index is -1.43. The van der Waals surface area contributed by atoms with Gasteiger partial charge >= 0.3 is 11.9 Å². The normalized spacial score (nSPS) is 11.7. The molecule has 0 aromatic carbocycles. The van der Waals surface area contributed by atoms with Crippen LogP contribution in [0.3, 0.4) is 0 Å². The lowest BCUT2D eigenvalue weighted by Crippen LogP contribution is -2.41. The average Bonchev–Trinajstić information content (AvgIpc) is 2.55. The van der Waals surface area contributed by atoms with Crippen LogP contribution in [0.15, 0.2) is 17.5 Å². The van der Waals surface area contributed by atoms with Gasteiger partial charge in [0.2, 0.25) is 0 Å². The maximum Gasteiger partial charge on any atom is 0.323 e. The molecule has 24 heavy (non-hydrogen) atoms. The Labute approximate surface area is 145 Å². The van der Waals surface area contributed by atoms with E-state index in [9.17, 15) is 9.59 Å². The van der Waals surface area contributed by atoms with Crippen molar-refractivity contribution in [2.45, 2.75) is 45.2 Å². The lowest BCUT2D eigenvalue weighted by atomic mass is 9.79. The zero-order chi connectivity index (χ0) is 18.8. The Morgan fingerprint density at radius 3 is 1.92 bits per heavy atom. The predicted molar refractivity (Wildman–Crippen MR) is 94.1 cm³/mol. The molecule has 0 saturated heterocycles. The molecule has 0 bridgehead atoms. The van der Waals surface area contributed by atoms with E-state index >= 15 is 0 Å². The zero-order valence-electron chi connectivity index (χ0n) is 15.8. The zero-order valence-corrected chi connectivity index (χ0v) is 16.8. The van der Waals surface area contributed by atoms with Gasteiger partial charge in [-0.2, -0.15) is 0 Å². The van der Waals surface area contributed by atoms with Crippen LogP contribution in [0.1, 0.15) is 19.3 Å². The first kappa shape index (κ1) is 22.6. The van der Waals surface area contributed by atoms with Crippen molar-refractivity contribution in [3.05, 3.63) is 17.5 Å². The Morgan fingerprint density at radius 1 is 1.04 bits per heavy atom. The fraction of sp³-hybridized carbons (Fsp3) is 0.706. The van der Waals surface area contributed by atoms with Gasteiger partial charge in [-0.25, -0.2) is 0 Å². The quantitative estimate of drug-likeness (QED) is 0.197. The number of carbonyl (C=O) groups is 2. The maximum absolute atomic E-state index is 12.4. The Hall–Kier alpha value is -1.40. The van der Waals surface area contributed by atoms with Gasteiger partial charge < -0.3 is 18.9 Å². The van der Waals surface area contributed by atoms with Crippen LogP contribution in [-0.4, -0.2) is 54.7 Å². The number of esters is 2. The number of carbonyl (C=O) groups excluding carboxylic acids is 2. The highest BCUT2D eigenvalue weighted by Gasteiger charge is 2.47. The van der Waals surface area contributed by atoms with Crippen molar-refractivity contribution in [2.24, 2.45) is 5.41 Å². The number of rotatable bonds is 10. The summed E-state index contributed by atoms with van der Waals surface area (Å²) in [6.45, 7) is 6.51. The van der Waals surface area contributed by atoms with Crippen LogP contribution in [0.4, 0.5) is 0 Å². The van der Waals surface area contributed by atoms with Gasteiger partial charge in [0.15, 0.2) is 11.7 Å². The molecule has 0 aliphatic heterocycles. The third-order valence-electron chi connectivity index (χ3n) is 3.57. The summed E-state index contributed by atoms with van der Waals surface area (Å²) < 4.78 is 20.0. The van der Waals surface area contributed by atoms with Crippen molar-refractivity contribution in [1.29, 1.82) is 0 Å². The van der Waals surface area contributed by atoms with Crippen molar-refractivity contribution >= 4 is 20.0 Å². The minimum absolute atomic E-state index is 0.146. The van der Waals surface area contributed by atoms with Gasteiger partial charge in [-0.1, -0.05) is 25.3 Å². The lowest BCUT2D eigenvalue weighted by Gasteiger charge is -2.28. The van der Waals surface area contributed by atoms with Crippen LogP contribution in [0.5, 0.6) is 0 Å². The van der Waals surface area contributed by atoms with Crippen LogP contribution in [0.25, 0.3) is 0 Å². The second kappa shape index (κ2) is 10.5. The summed E-state index contributed by atoms with van der Waals surface area (Å²) in [5.74, 6) is -1.27. The fourth-order valence-electron chi connectivity index (χ4n) is 2.19. The summed E-state index contributed by atoms with van der Waals surface area (Å²) >= 11 is 0. The van der Waals surface area contributed by atoms with E-state index in [0.29, 0.717) is 6.42 Å². The molecule has 7 heteroatoms. The Kier molecular flexibility index (Phi) is 9.85. The standard InChI is InChI=1S/C17H30O6Si/c1-20-14(21-2)10-12-17(15(18)22-3,16(19)23-4)11-8-9-13-24(5,6)7/h8,13-14H,10-12H2,1-7H3. The molecule has 0 atom stereocenters. The van der Waals surface area contributed by atoms with Crippen LogP contribution in [-0.2, 0) is 28.5 Å². The molecule has 6 nitrogen and oxygen atoms in total. The molecule has 0 saturated carbocycles. The molecule has 0 N–H and O–H groups in total. The summed E-state index contributed by atoms with van der Waals surface area (Å²) in [5, 5.41) is 0. The summed E-state index contributed by atoms with van der Waals surface area (Å²) in [6.07, 6.45) is 1.86. The fourth-order valence-corrected chi connectivity index (χ4v) is 2.80. The Morgan fingerprint density at radius 2 is 1.54 bits per heavy atom. The summed E-state index contributed by atoms with van der Waals surface area (Å²) in [6, 6.07) is 0. The van der Waals surface area contributed by atoms with Gasteiger partial charge in [0.1, 0.15) is 0 Å². The molecule has 0 aromatic heterocycles. The van der Waals surface area contributed by atoms with Crippen LogP contribution >= 0.6 is 0 Å². The van der Waals surface area contributed by atoms with Crippen molar-refractivity contribution < 1.29 is 28.5 Å². The highest BCUT2D eigenvalue weighted by Crippen LogP contribution is 2.33. The van der Waals surface area contributed by atoms with E-state index in [2.05, 4.69) is 25.4 Å². The Balaban J connectivity index is 5.55. The van der Waals surface area contributed by atoms with Gasteiger partial charge in [0.25, 0.3) is 0 Å². The molecule has 0 aliphatic rings. The summed E-state index contributed by atoms with van der Waals surface area (Å²) in [7, 11) is 4.10. The SMILES string of the molecule is COC(=O)C(CC=C=C[Si](C)(C)C)(CCC(OC)OC)C(=O)OC.